The highest BCUT2D eigenvalue weighted by molar-refractivity contribution is 5.94. The molecular weight excluding hydrogens is 318 g/mol. The van der Waals surface area contributed by atoms with Gasteiger partial charge in [-0.2, -0.15) is 8.78 Å². The molecule has 0 aromatic heterocycles. The molecule has 0 N–H and O–H groups in total. The van der Waals surface area contributed by atoms with Gasteiger partial charge in [0.25, 0.3) is 5.91 Å². The second-order valence-corrected chi connectivity index (χ2v) is 6.07. The minimum Gasteiger partial charge on any atom is -0.435 e. The van der Waals surface area contributed by atoms with Crippen LogP contribution in [0.15, 0.2) is 24.3 Å². The number of carbonyl (C=O) groups is 1. The standard InChI is InChI=1S/C17H22F2N2O3/c18-17(19)24-15-3-1-13(2-4-15)16(22)21-9-7-20(8-10-21)14-5-11-23-12-6-14/h1-4,14,17H,5-12H2. The normalized spacial score (nSPS) is 20.4. The molecule has 0 atom stereocenters. The molecule has 0 spiro atoms. The van der Waals surface area contributed by atoms with Crippen LogP contribution in [0, 0.1) is 0 Å². The predicted molar refractivity (Wildman–Crippen MR) is 84.4 cm³/mol. The molecule has 24 heavy (non-hydrogen) atoms. The van der Waals surface area contributed by atoms with Gasteiger partial charge in [0.2, 0.25) is 0 Å². The van der Waals surface area contributed by atoms with Crippen LogP contribution in [-0.4, -0.2) is 67.8 Å². The lowest BCUT2D eigenvalue weighted by atomic mass is 10.1. The van der Waals surface area contributed by atoms with Crippen LogP contribution in [-0.2, 0) is 4.74 Å². The first-order valence-corrected chi connectivity index (χ1v) is 8.29. The van der Waals surface area contributed by atoms with Crippen molar-refractivity contribution in [2.45, 2.75) is 25.5 Å². The number of carbonyl (C=O) groups excluding carboxylic acids is 1. The van der Waals surface area contributed by atoms with Gasteiger partial charge in [0.1, 0.15) is 5.75 Å². The fraction of sp³-hybridized carbons (Fsp3) is 0.588. The van der Waals surface area contributed by atoms with E-state index in [9.17, 15) is 13.6 Å². The zero-order valence-electron chi connectivity index (χ0n) is 13.5. The maximum absolute atomic E-state index is 12.5. The van der Waals surface area contributed by atoms with Crippen LogP contribution in [0.4, 0.5) is 8.78 Å². The molecule has 0 unspecified atom stereocenters. The molecule has 0 saturated carbocycles. The summed E-state index contributed by atoms with van der Waals surface area (Å²) in [7, 11) is 0. The third kappa shape index (κ3) is 4.21. The van der Waals surface area contributed by atoms with Gasteiger partial charge in [0.15, 0.2) is 0 Å². The van der Waals surface area contributed by atoms with E-state index in [-0.39, 0.29) is 11.7 Å². The van der Waals surface area contributed by atoms with Gasteiger partial charge in [0, 0.05) is 51.0 Å². The van der Waals surface area contributed by atoms with Crippen molar-refractivity contribution in [1.82, 2.24) is 9.80 Å². The van der Waals surface area contributed by atoms with E-state index in [4.69, 9.17) is 4.74 Å². The number of hydrogen-bond acceptors (Lipinski definition) is 4. The molecule has 0 radical (unpaired) electrons. The average molecular weight is 340 g/mol. The van der Waals surface area contributed by atoms with E-state index < -0.39 is 6.61 Å². The van der Waals surface area contributed by atoms with Gasteiger partial charge in [-0.05, 0) is 37.1 Å². The Kier molecular flexibility index (Phi) is 5.63. The van der Waals surface area contributed by atoms with Crippen molar-refractivity contribution in [2.75, 3.05) is 39.4 Å². The molecule has 132 valence electrons. The number of rotatable bonds is 4. The molecule has 0 bridgehead atoms. The summed E-state index contributed by atoms with van der Waals surface area (Å²) in [5.74, 6) is -0.00360. The van der Waals surface area contributed by atoms with Crippen molar-refractivity contribution in [3.05, 3.63) is 29.8 Å². The van der Waals surface area contributed by atoms with Crippen LogP contribution < -0.4 is 4.74 Å². The largest absolute Gasteiger partial charge is 0.435 e. The highest BCUT2D eigenvalue weighted by atomic mass is 19.3. The summed E-state index contributed by atoms with van der Waals surface area (Å²) >= 11 is 0. The van der Waals surface area contributed by atoms with Crippen LogP contribution in [0.5, 0.6) is 5.75 Å². The Hall–Kier alpha value is -1.73. The van der Waals surface area contributed by atoms with Crippen molar-refractivity contribution >= 4 is 5.91 Å². The average Bonchev–Trinajstić information content (AvgIpc) is 2.62. The molecule has 7 heteroatoms. The Labute approximate surface area is 140 Å². The molecule has 5 nitrogen and oxygen atoms in total. The zero-order valence-corrected chi connectivity index (χ0v) is 13.5. The molecule has 3 rings (SSSR count). The van der Waals surface area contributed by atoms with E-state index in [2.05, 4.69) is 9.64 Å². The maximum atomic E-state index is 12.5. The first-order valence-electron chi connectivity index (χ1n) is 8.29. The predicted octanol–water partition coefficient (Wildman–Crippen LogP) is 2.22. The number of amides is 1. The summed E-state index contributed by atoms with van der Waals surface area (Å²) in [6.45, 7) is 1.88. The van der Waals surface area contributed by atoms with Crippen molar-refractivity contribution in [3.63, 3.8) is 0 Å². The summed E-state index contributed by atoms with van der Waals surface area (Å²) in [6.07, 6.45) is 2.11. The Balaban J connectivity index is 1.53. The molecule has 1 aromatic carbocycles. The Morgan fingerprint density at radius 2 is 1.71 bits per heavy atom. The molecule has 0 aliphatic carbocycles. The van der Waals surface area contributed by atoms with Crippen molar-refractivity contribution in [1.29, 1.82) is 0 Å². The Bertz CT molecular complexity index is 539. The van der Waals surface area contributed by atoms with Crippen LogP contribution >= 0.6 is 0 Å². The summed E-state index contributed by atoms with van der Waals surface area (Å²) in [6, 6.07) is 6.42. The Morgan fingerprint density at radius 1 is 1.08 bits per heavy atom. The highest BCUT2D eigenvalue weighted by Crippen LogP contribution is 2.19. The third-order valence-electron chi connectivity index (χ3n) is 4.64. The molecule has 2 saturated heterocycles. The quantitative estimate of drug-likeness (QED) is 0.843. The van der Waals surface area contributed by atoms with Crippen molar-refractivity contribution in [2.24, 2.45) is 0 Å². The van der Waals surface area contributed by atoms with E-state index in [1.54, 1.807) is 0 Å². The highest BCUT2D eigenvalue weighted by Gasteiger charge is 2.27. The first-order chi connectivity index (χ1) is 11.6. The van der Waals surface area contributed by atoms with Crippen LogP contribution in [0.2, 0.25) is 0 Å². The van der Waals surface area contributed by atoms with Gasteiger partial charge in [-0.15, -0.1) is 0 Å². The van der Waals surface area contributed by atoms with Gasteiger partial charge in [-0.25, -0.2) is 0 Å². The lowest BCUT2D eigenvalue weighted by molar-refractivity contribution is -0.0498. The first kappa shape index (κ1) is 17.1. The molecule has 1 aromatic rings. The van der Waals surface area contributed by atoms with E-state index >= 15 is 0 Å². The maximum Gasteiger partial charge on any atom is 0.387 e. The minimum atomic E-state index is -2.86. The second kappa shape index (κ2) is 7.90. The Morgan fingerprint density at radius 3 is 2.29 bits per heavy atom. The minimum absolute atomic E-state index is 0.0610. The number of benzene rings is 1. The molecule has 1 amide bonds. The van der Waals surface area contributed by atoms with E-state index in [0.29, 0.717) is 24.7 Å². The molecule has 2 aliphatic heterocycles. The van der Waals surface area contributed by atoms with E-state index in [1.165, 1.54) is 24.3 Å². The monoisotopic (exact) mass is 340 g/mol. The summed E-state index contributed by atoms with van der Waals surface area (Å²) in [5.41, 5.74) is 0.496. The number of piperazine rings is 1. The number of alkyl halides is 2. The number of nitrogens with zero attached hydrogens (tertiary/aromatic N) is 2. The van der Waals surface area contributed by atoms with E-state index in [1.807, 2.05) is 4.90 Å². The van der Waals surface area contributed by atoms with Gasteiger partial charge in [0.05, 0.1) is 0 Å². The lowest BCUT2D eigenvalue weighted by Crippen LogP contribution is -2.53. The number of hydrogen-bond donors (Lipinski definition) is 0. The van der Waals surface area contributed by atoms with Gasteiger partial charge < -0.3 is 14.4 Å². The van der Waals surface area contributed by atoms with Crippen LogP contribution in [0.3, 0.4) is 0 Å². The summed E-state index contributed by atoms with van der Waals surface area (Å²) < 4.78 is 34.0. The van der Waals surface area contributed by atoms with Crippen LogP contribution in [0.25, 0.3) is 0 Å². The molecule has 2 fully saturated rings. The topological polar surface area (TPSA) is 42.0 Å². The van der Waals surface area contributed by atoms with E-state index in [0.717, 1.165) is 39.1 Å². The van der Waals surface area contributed by atoms with Gasteiger partial charge in [-0.1, -0.05) is 0 Å². The van der Waals surface area contributed by atoms with Gasteiger partial charge >= 0.3 is 6.61 Å². The summed E-state index contributed by atoms with van der Waals surface area (Å²) in [5, 5.41) is 0. The molecule has 2 aliphatic rings. The zero-order chi connectivity index (χ0) is 16.9. The smallest absolute Gasteiger partial charge is 0.387 e. The number of halogens is 2. The third-order valence-corrected chi connectivity index (χ3v) is 4.64. The molecular formula is C17H22F2N2O3. The van der Waals surface area contributed by atoms with Crippen molar-refractivity contribution < 1.29 is 23.0 Å². The van der Waals surface area contributed by atoms with Gasteiger partial charge in [-0.3, -0.25) is 9.69 Å². The fourth-order valence-corrected chi connectivity index (χ4v) is 3.30. The van der Waals surface area contributed by atoms with Crippen LogP contribution in [0.1, 0.15) is 23.2 Å². The van der Waals surface area contributed by atoms with Crippen molar-refractivity contribution in [3.8, 4) is 5.75 Å². The molecule has 2 heterocycles. The second-order valence-electron chi connectivity index (χ2n) is 6.07. The fourth-order valence-electron chi connectivity index (χ4n) is 3.30. The summed E-state index contributed by atoms with van der Waals surface area (Å²) in [4.78, 5) is 16.8. The number of ether oxygens (including phenoxy) is 2. The lowest BCUT2D eigenvalue weighted by Gasteiger charge is -2.40. The SMILES string of the molecule is O=C(c1ccc(OC(F)F)cc1)N1CCN(C2CCOCC2)CC1.